The van der Waals surface area contributed by atoms with Crippen molar-refractivity contribution in [3.8, 4) is 0 Å². The van der Waals surface area contributed by atoms with Crippen LogP contribution in [0.2, 0.25) is 0 Å². The van der Waals surface area contributed by atoms with Gasteiger partial charge < -0.3 is 15.4 Å². The molecule has 1 aromatic rings. The molecule has 0 bridgehead atoms. The Kier molecular flexibility index (Phi) is 9.51. The molecule has 0 spiro atoms. The number of ether oxygens (including phenoxy) is 1. The quantitative estimate of drug-likeness (QED) is 0.518. The van der Waals surface area contributed by atoms with Gasteiger partial charge in [-0.2, -0.15) is 4.31 Å². The molecule has 1 saturated heterocycles. The maximum Gasteiger partial charge on any atom is 0.243 e. The molecule has 0 aromatic heterocycles. The summed E-state index contributed by atoms with van der Waals surface area (Å²) in [4.78, 5) is 14.8. The number of carbonyl (C=O) groups excluding carboxylic acids is 1. The number of carbonyl (C=O) groups is 1. The van der Waals surface area contributed by atoms with Crippen LogP contribution in [0.3, 0.4) is 0 Å². The third kappa shape index (κ3) is 7.04. The summed E-state index contributed by atoms with van der Waals surface area (Å²) in [6.45, 7) is 11.6. The molecule has 0 atom stereocenters. The fourth-order valence-corrected chi connectivity index (χ4v) is 5.03. The van der Waals surface area contributed by atoms with Gasteiger partial charge in [0.05, 0.1) is 24.7 Å². The first kappa shape index (κ1) is 23.8. The molecule has 1 aliphatic heterocycles. The van der Waals surface area contributed by atoms with Crippen LogP contribution in [-0.4, -0.2) is 82.6 Å². The fourth-order valence-electron chi connectivity index (χ4n) is 3.32. The van der Waals surface area contributed by atoms with Gasteiger partial charge in [0.15, 0.2) is 0 Å². The number of hydrogen-bond donors (Lipinski definition) is 2. The van der Waals surface area contributed by atoms with Crippen LogP contribution in [-0.2, 0) is 19.6 Å². The lowest BCUT2D eigenvalue weighted by Crippen LogP contribution is -2.38. The molecule has 2 rings (SSSR count). The average molecular weight is 427 g/mol. The van der Waals surface area contributed by atoms with Crippen LogP contribution in [0.4, 0.5) is 5.69 Å². The molecular weight excluding hydrogens is 392 g/mol. The van der Waals surface area contributed by atoms with Crippen molar-refractivity contribution in [2.24, 2.45) is 0 Å². The molecule has 29 heavy (non-hydrogen) atoms. The van der Waals surface area contributed by atoms with E-state index < -0.39 is 10.0 Å². The fraction of sp³-hybridized carbons (Fsp3) is 0.650. The van der Waals surface area contributed by atoms with Gasteiger partial charge >= 0.3 is 0 Å². The number of amides is 1. The van der Waals surface area contributed by atoms with Crippen LogP contribution in [0.1, 0.15) is 25.8 Å². The van der Waals surface area contributed by atoms with Crippen LogP contribution >= 0.6 is 0 Å². The minimum Gasteiger partial charge on any atom is -0.379 e. The first-order chi connectivity index (χ1) is 13.9. The van der Waals surface area contributed by atoms with Crippen molar-refractivity contribution in [1.29, 1.82) is 0 Å². The summed E-state index contributed by atoms with van der Waals surface area (Å²) in [5.41, 5.74) is 1.15. The lowest BCUT2D eigenvalue weighted by atomic mass is 10.2. The molecule has 0 radical (unpaired) electrons. The van der Waals surface area contributed by atoms with Crippen LogP contribution in [0, 0.1) is 6.92 Å². The number of benzene rings is 1. The van der Waals surface area contributed by atoms with Gasteiger partial charge in [-0.15, -0.1) is 0 Å². The summed E-state index contributed by atoms with van der Waals surface area (Å²) in [7, 11) is -3.57. The van der Waals surface area contributed by atoms with E-state index in [1.54, 1.807) is 25.1 Å². The van der Waals surface area contributed by atoms with Crippen molar-refractivity contribution in [2.45, 2.75) is 32.1 Å². The van der Waals surface area contributed by atoms with Crippen molar-refractivity contribution >= 4 is 21.6 Å². The average Bonchev–Trinajstić information content (AvgIpc) is 2.70. The highest BCUT2D eigenvalue weighted by Crippen LogP contribution is 2.23. The Bertz CT molecular complexity index is 760. The second-order valence-electron chi connectivity index (χ2n) is 7.10. The van der Waals surface area contributed by atoms with Crippen molar-refractivity contribution in [1.82, 2.24) is 14.5 Å². The van der Waals surface area contributed by atoms with Crippen LogP contribution in [0.5, 0.6) is 0 Å². The number of anilines is 1. The summed E-state index contributed by atoms with van der Waals surface area (Å²) in [6, 6.07) is 4.99. The van der Waals surface area contributed by atoms with Crippen molar-refractivity contribution in [2.75, 3.05) is 64.3 Å². The Morgan fingerprint density at radius 2 is 1.90 bits per heavy atom. The molecule has 0 unspecified atom stereocenters. The number of hydrogen-bond acceptors (Lipinski definition) is 6. The van der Waals surface area contributed by atoms with E-state index in [1.165, 1.54) is 4.31 Å². The van der Waals surface area contributed by atoms with E-state index in [9.17, 15) is 13.2 Å². The summed E-state index contributed by atoms with van der Waals surface area (Å²) in [5.74, 6) is -0.189. The van der Waals surface area contributed by atoms with Gasteiger partial charge in [0.25, 0.3) is 0 Å². The first-order valence-corrected chi connectivity index (χ1v) is 11.7. The number of aryl methyl sites for hydroxylation is 1. The first-order valence-electron chi connectivity index (χ1n) is 10.3. The molecule has 8 nitrogen and oxygen atoms in total. The van der Waals surface area contributed by atoms with Gasteiger partial charge in [0, 0.05) is 31.9 Å². The molecule has 2 N–H and O–H groups in total. The van der Waals surface area contributed by atoms with E-state index >= 15 is 0 Å². The van der Waals surface area contributed by atoms with Crippen molar-refractivity contribution in [3.63, 3.8) is 0 Å². The monoisotopic (exact) mass is 426 g/mol. The van der Waals surface area contributed by atoms with Crippen LogP contribution in [0.15, 0.2) is 23.1 Å². The molecule has 1 fully saturated rings. The normalized spacial score (nSPS) is 15.6. The van der Waals surface area contributed by atoms with Crippen molar-refractivity contribution < 1.29 is 17.9 Å². The Balaban J connectivity index is 1.84. The van der Waals surface area contributed by atoms with Gasteiger partial charge in [0.1, 0.15) is 0 Å². The zero-order valence-electron chi connectivity index (χ0n) is 17.7. The lowest BCUT2D eigenvalue weighted by Gasteiger charge is -2.26. The lowest BCUT2D eigenvalue weighted by molar-refractivity contribution is -0.115. The molecular formula is C20H34N4O4S. The minimum absolute atomic E-state index is 0.189. The van der Waals surface area contributed by atoms with Gasteiger partial charge in [-0.1, -0.05) is 19.9 Å². The smallest absolute Gasteiger partial charge is 0.243 e. The number of nitrogens with one attached hydrogen (secondary N) is 2. The number of rotatable bonds is 11. The summed E-state index contributed by atoms with van der Waals surface area (Å²) >= 11 is 0. The van der Waals surface area contributed by atoms with Crippen LogP contribution < -0.4 is 10.6 Å². The number of nitrogens with zero attached hydrogens (tertiary/aromatic N) is 2. The standard InChI is InChI=1S/C20H34N4O4S/c1-4-24(5-2)29(26,27)19-15-18(8-7-17(19)3)22-20(25)16-21-9-6-10-23-11-13-28-14-12-23/h7-8,15,21H,4-6,9-14,16H2,1-3H3,(H,22,25). The molecule has 1 aliphatic rings. The molecule has 164 valence electrons. The Labute approximate surface area is 174 Å². The molecule has 1 heterocycles. The summed E-state index contributed by atoms with van der Waals surface area (Å²) in [5, 5.41) is 5.93. The van der Waals surface area contributed by atoms with E-state index in [4.69, 9.17) is 4.74 Å². The highest BCUT2D eigenvalue weighted by Gasteiger charge is 2.24. The maximum absolute atomic E-state index is 12.8. The van der Waals surface area contributed by atoms with Gasteiger partial charge in [0.2, 0.25) is 15.9 Å². The molecule has 0 saturated carbocycles. The third-order valence-electron chi connectivity index (χ3n) is 5.01. The maximum atomic E-state index is 12.8. The predicted molar refractivity (Wildman–Crippen MR) is 115 cm³/mol. The Morgan fingerprint density at radius 3 is 2.55 bits per heavy atom. The Morgan fingerprint density at radius 1 is 1.21 bits per heavy atom. The van der Waals surface area contributed by atoms with Crippen molar-refractivity contribution in [3.05, 3.63) is 23.8 Å². The van der Waals surface area contributed by atoms with Gasteiger partial charge in [-0.3, -0.25) is 9.69 Å². The highest BCUT2D eigenvalue weighted by atomic mass is 32.2. The number of sulfonamides is 1. The van der Waals surface area contributed by atoms with Crippen LogP contribution in [0.25, 0.3) is 0 Å². The molecule has 0 aliphatic carbocycles. The molecule has 1 amide bonds. The predicted octanol–water partition coefficient (Wildman–Crippen LogP) is 1.28. The summed E-state index contributed by atoms with van der Waals surface area (Å²) < 4.78 is 32.4. The van der Waals surface area contributed by atoms with E-state index in [0.717, 1.165) is 45.8 Å². The minimum atomic E-state index is -3.57. The molecule has 9 heteroatoms. The largest absolute Gasteiger partial charge is 0.379 e. The zero-order chi connectivity index (χ0) is 21.3. The zero-order valence-corrected chi connectivity index (χ0v) is 18.6. The SMILES string of the molecule is CCN(CC)S(=O)(=O)c1cc(NC(=O)CNCCCN2CCOCC2)ccc1C. The number of morpholine rings is 1. The third-order valence-corrected chi connectivity index (χ3v) is 7.20. The Hall–Kier alpha value is -1.52. The summed E-state index contributed by atoms with van der Waals surface area (Å²) in [6.07, 6.45) is 0.962. The molecule has 1 aromatic carbocycles. The van der Waals surface area contributed by atoms with E-state index in [2.05, 4.69) is 15.5 Å². The van der Waals surface area contributed by atoms with E-state index in [0.29, 0.717) is 24.3 Å². The second kappa shape index (κ2) is 11.6. The second-order valence-corrected chi connectivity index (χ2v) is 9.01. The topological polar surface area (TPSA) is 91.0 Å². The van der Waals surface area contributed by atoms with E-state index in [-0.39, 0.29) is 17.3 Å². The van der Waals surface area contributed by atoms with Gasteiger partial charge in [-0.25, -0.2) is 8.42 Å². The van der Waals surface area contributed by atoms with Gasteiger partial charge in [-0.05, 0) is 44.1 Å². The van der Waals surface area contributed by atoms with E-state index in [1.807, 2.05) is 13.8 Å². The highest BCUT2D eigenvalue weighted by molar-refractivity contribution is 7.89.